The number of aromatic nitrogens is 2. The number of anilines is 1. The van der Waals surface area contributed by atoms with Gasteiger partial charge in [0.1, 0.15) is 24.2 Å². The van der Waals surface area contributed by atoms with E-state index in [1.165, 1.54) is 39.3 Å². The lowest BCUT2D eigenvalue weighted by Crippen LogP contribution is -2.29. The molecule has 43 heavy (non-hydrogen) atoms. The second-order valence-corrected chi connectivity index (χ2v) is 13.3. The van der Waals surface area contributed by atoms with Crippen molar-refractivity contribution in [2.45, 2.75) is 29.7 Å². The number of thiophene rings is 1. The number of aryl methyl sites for hydroxylation is 1. The van der Waals surface area contributed by atoms with Gasteiger partial charge in [0.15, 0.2) is 4.34 Å². The molecule has 1 unspecified atom stereocenters. The van der Waals surface area contributed by atoms with Crippen LogP contribution in [0.1, 0.15) is 33.2 Å². The summed E-state index contributed by atoms with van der Waals surface area (Å²) in [6, 6.07) is 25.3. The fourth-order valence-electron chi connectivity index (χ4n) is 4.69. The predicted octanol–water partition coefficient (Wildman–Crippen LogP) is 8.06. The SMILES string of the molecule is Cc1cccc(COc2ccc(/C(O)=C3\C(=O)C(=O)N(c4nnc(SCc5ccccc5Cl)s4)C3c3cccs3)cc2)c1. The van der Waals surface area contributed by atoms with E-state index < -0.39 is 17.7 Å². The molecule has 1 saturated heterocycles. The maximum absolute atomic E-state index is 13.4. The molecule has 0 bridgehead atoms. The van der Waals surface area contributed by atoms with Crippen LogP contribution in [-0.4, -0.2) is 27.0 Å². The van der Waals surface area contributed by atoms with E-state index in [0.717, 1.165) is 21.6 Å². The van der Waals surface area contributed by atoms with Gasteiger partial charge in [0, 0.05) is 21.2 Å². The van der Waals surface area contributed by atoms with E-state index >= 15 is 0 Å². The minimum absolute atomic E-state index is 0.00125. The number of amides is 1. The third kappa shape index (κ3) is 6.23. The van der Waals surface area contributed by atoms with Crippen molar-refractivity contribution < 1.29 is 19.4 Å². The number of Topliss-reactive ketones (excluding diaryl/α,β-unsaturated/α-hetero) is 1. The number of aliphatic hydroxyl groups is 1. The molecule has 11 heteroatoms. The van der Waals surface area contributed by atoms with E-state index in [1.54, 1.807) is 24.3 Å². The standard InChI is InChI=1S/C32H24ClN3O4S3/c1-19-6-4-7-20(16-19)17-40-23-13-11-21(12-14-23)28(37)26-27(25-10-5-15-41-25)36(30(39)29(26)38)31-34-35-32(43-31)42-18-22-8-2-3-9-24(22)33/h2-16,27,37H,17-18H2,1H3/b28-26+. The van der Waals surface area contributed by atoms with Gasteiger partial charge < -0.3 is 9.84 Å². The summed E-state index contributed by atoms with van der Waals surface area (Å²) in [5.41, 5.74) is 3.55. The second-order valence-electron chi connectivity index (χ2n) is 9.72. The Morgan fingerprint density at radius 1 is 1.02 bits per heavy atom. The van der Waals surface area contributed by atoms with Gasteiger partial charge in [0.05, 0.1) is 5.57 Å². The molecule has 1 fully saturated rings. The van der Waals surface area contributed by atoms with Gasteiger partial charge in [-0.25, -0.2) is 0 Å². The lowest BCUT2D eigenvalue weighted by atomic mass is 10.00. The van der Waals surface area contributed by atoms with Crippen molar-refractivity contribution >= 4 is 68.6 Å². The summed E-state index contributed by atoms with van der Waals surface area (Å²) in [6.45, 7) is 2.43. The van der Waals surface area contributed by atoms with Crippen molar-refractivity contribution in [2.75, 3.05) is 4.90 Å². The first-order valence-corrected chi connectivity index (χ1v) is 16.3. The van der Waals surface area contributed by atoms with E-state index in [2.05, 4.69) is 16.3 Å². The van der Waals surface area contributed by atoms with E-state index in [-0.39, 0.29) is 16.5 Å². The number of nitrogens with zero attached hydrogens (tertiary/aromatic N) is 3. The number of hydrogen-bond acceptors (Lipinski definition) is 9. The number of rotatable bonds is 9. The van der Waals surface area contributed by atoms with Crippen LogP contribution in [-0.2, 0) is 21.9 Å². The van der Waals surface area contributed by atoms with Crippen LogP contribution in [0.2, 0.25) is 5.02 Å². The van der Waals surface area contributed by atoms with Crippen LogP contribution in [0.5, 0.6) is 5.75 Å². The molecule has 2 aromatic heterocycles. The normalized spacial score (nSPS) is 16.1. The first-order chi connectivity index (χ1) is 20.9. The molecule has 0 aliphatic carbocycles. The molecule has 1 atom stereocenters. The summed E-state index contributed by atoms with van der Waals surface area (Å²) in [7, 11) is 0. The van der Waals surface area contributed by atoms with Crippen LogP contribution >= 0.6 is 46.0 Å². The first kappa shape index (κ1) is 29.1. The average molecular weight is 646 g/mol. The van der Waals surface area contributed by atoms with E-state index in [9.17, 15) is 14.7 Å². The molecule has 1 N–H and O–H groups in total. The predicted molar refractivity (Wildman–Crippen MR) is 172 cm³/mol. The number of halogens is 1. The molecule has 0 spiro atoms. The smallest absolute Gasteiger partial charge is 0.301 e. The number of carbonyl (C=O) groups excluding carboxylic acids is 2. The van der Waals surface area contributed by atoms with Crippen molar-refractivity contribution in [2.24, 2.45) is 0 Å². The lowest BCUT2D eigenvalue weighted by Gasteiger charge is -2.20. The third-order valence-electron chi connectivity index (χ3n) is 6.78. The van der Waals surface area contributed by atoms with Gasteiger partial charge in [-0.15, -0.1) is 21.5 Å². The van der Waals surface area contributed by atoms with E-state index in [0.29, 0.717) is 33.0 Å². The van der Waals surface area contributed by atoms with Crippen LogP contribution in [0.25, 0.3) is 5.76 Å². The van der Waals surface area contributed by atoms with Gasteiger partial charge in [-0.1, -0.05) is 88.8 Å². The molecule has 5 aromatic rings. The van der Waals surface area contributed by atoms with Crippen LogP contribution in [0, 0.1) is 6.92 Å². The van der Waals surface area contributed by atoms with Crippen molar-refractivity contribution in [3.05, 3.63) is 128 Å². The maximum Gasteiger partial charge on any atom is 0.301 e. The van der Waals surface area contributed by atoms with Crippen molar-refractivity contribution in [3.63, 3.8) is 0 Å². The van der Waals surface area contributed by atoms with Crippen LogP contribution in [0.4, 0.5) is 5.13 Å². The van der Waals surface area contributed by atoms with Crippen LogP contribution in [0.15, 0.2) is 100 Å². The summed E-state index contributed by atoms with van der Waals surface area (Å²) in [5, 5.41) is 22.7. The number of aliphatic hydroxyl groups excluding tert-OH is 1. The number of ketones is 1. The molecular formula is C32H24ClN3O4S3. The Kier molecular flexibility index (Phi) is 8.62. The zero-order valence-corrected chi connectivity index (χ0v) is 26.0. The number of ether oxygens (including phenoxy) is 1. The topological polar surface area (TPSA) is 92.6 Å². The maximum atomic E-state index is 13.4. The van der Waals surface area contributed by atoms with Gasteiger partial charge in [-0.3, -0.25) is 14.5 Å². The van der Waals surface area contributed by atoms with Crippen molar-refractivity contribution in [3.8, 4) is 5.75 Å². The Hall–Kier alpha value is -3.96. The molecule has 1 amide bonds. The summed E-state index contributed by atoms with van der Waals surface area (Å²) >= 11 is 10.3. The highest BCUT2D eigenvalue weighted by atomic mass is 35.5. The molecule has 1 aliphatic rings. The highest BCUT2D eigenvalue weighted by Crippen LogP contribution is 2.45. The number of hydrogen-bond donors (Lipinski definition) is 1. The van der Waals surface area contributed by atoms with Crippen molar-refractivity contribution in [1.29, 1.82) is 0 Å². The summed E-state index contributed by atoms with van der Waals surface area (Å²) in [4.78, 5) is 28.9. The van der Waals surface area contributed by atoms with Crippen LogP contribution in [0.3, 0.4) is 0 Å². The van der Waals surface area contributed by atoms with Gasteiger partial charge in [0.25, 0.3) is 5.78 Å². The Bertz CT molecular complexity index is 1820. The number of thioether (sulfide) groups is 1. The Morgan fingerprint density at radius 2 is 1.84 bits per heavy atom. The van der Waals surface area contributed by atoms with Crippen LogP contribution < -0.4 is 9.64 Å². The molecule has 0 radical (unpaired) electrons. The molecule has 216 valence electrons. The summed E-state index contributed by atoms with van der Waals surface area (Å²) in [6.07, 6.45) is 0. The Labute approximate surface area is 265 Å². The second kappa shape index (κ2) is 12.7. The first-order valence-electron chi connectivity index (χ1n) is 13.2. The average Bonchev–Trinajstić information content (AvgIpc) is 3.76. The molecular weight excluding hydrogens is 622 g/mol. The van der Waals surface area contributed by atoms with Gasteiger partial charge in [-0.05, 0) is 59.8 Å². The zero-order chi connectivity index (χ0) is 29.9. The van der Waals surface area contributed by atoms with Gasteiger partial charge >= 0.3 is 5.91 Å². The fourth-order valence-corrected chi connectivity index (χ4v) is 7.67. The molecule has 0 saturated carbocycles. The minimum atomic E-state index is -0.841. The Morgan fingerprint density at radius 3 is 2.58 bits per heavy atom. The van der Waals surface area contributed by atoms with E-state index in [4.69, 9.17) is 16.3 Å². The third-order valence-corrected chi connectivity index (χ3v) is 10.2. The minimum Gasteiger partial charge on any atom is -0.507 e. The molecule has 7 nitrogen and oxygen atoms in total. The fraction of sp³-hybridized carbons (Fsp3) is 0.125. The highest BCUT2D eigenvalue weighted by Gasteiger charge is 2.48. The quantitative estimate of drug-likeness (QED) is 0.0570. The van der Waals surface area contributed by atoms with Crippen molar-refractivity contribution in [1.82, 2.24) is 10.2 Å². The molecule has 3 aromatic carbocycles. The molecule has 3 heterocycles. The zero-order valence-electron chi connectivity index (χ0n) is 22.8. The number of benzene rings is 3. The summed E-state index contributed by atoms with van der Waals surface area (Å²) in [5.74, 6) is -0.620. The largest absolute Gasteiger partial charge is 0.507 e. The monoisotopic (exact) mass is 645 g/mol. The molecule has 6 rings (SSSR count). The van der Waals surface area contributed by atoms with Gasteiger partial charge in [0.2, 0.25) is 5.13 Å². The van der Waals surface area contributed by atoms with E-state index in [1.807, 2.05) is 66.9 Å². The lowest BCUT2D eigenvalue weighted by molar-refractivity contribution is -0.132. The highest BCUT2D eigenvalue weighted by molar-refractivity contribution is 8.00. The van der Waals surface area contributed by atoms with Gasteiger partial charge in [-0.2, -0.15) is 0 Å². The summed E-state index contributed by atoms with van der Waals surface area (Å²) < 4.78 is 6.54. The number of carbonyl (C=O) groups is 2. The Balaban J connectivity index is 1.26. The molecule has 1 aliphatic heterocycles.